The molecule has 0 radical (unpaired) electrons. The van der Waals surface area contributed by atoms with Crippen molar-refractivity contribution in [3.8, 4) is 0 Å². The Morgan fingerprint density at radius 2 is 2.40 bits per heavy atom. The van der Waals surface area contributed by atoms with Crippen molar-refractivity contribution in [3.63, 3.8) is 0 Å². The number of aliphatic imine (C=N–C) groups is 1. The predicted octanol–water partition coefficient (Wildman–Crippen LogP) is 0.829. The summed E-state index contributed by atoms with van der Waals surface area (Å²) in [4.78, 5) is 4.49. The summed E-state index contributed by atoms with van der Waals surface area (Å²) in [5.74, 6) is 0.846. The van der Waals surface area contributed by atoms with Crippen LogP contribution in [0.2, 0.25) is 0 Å². The molecule has 1 saturated heterocycles. The number of hydrogen-bond donors (Lipinski definition) is 1. The molecule has 0 aromatic rings. The second-order valence-corrected chi connectivity index (χ2v) is 3.23. The lowest BCUT2D eigenvalue weighted by atomic mass is 9.88. The SMILES string of the molecule is C1=NC2CCNCC2CC1. The Kier molecular flexibility index (Phi) is 1.72. The third-order valence-corrected chi connectivity index (χ3v) is 2.53. The van der Waals surface area contributed by atoms with Gasteiger partial charge in [0.2, 0.25) is 0 Å². The van der Waals surface area contributed by atoms with Crippen molar-refractivity contribution in [3.05, 3.63) is 0 Å². The Morgan fingerprint density at radius 1 is 1.40 bits per heavy atom. The molecule has 0 aromatic carbocycles. The van der Waals surface area contributed by atoms with Crippen molar-refractivity contribution < 1.29 is 0 Å². The van der Waals surface area contributed by atoms with Gasteiger partial charge in [0.05, 0.1) is 6.04 Å². The number of nitrogens with zero attached hydrogens (tertiary/aromatic N) is 1. The smallest absolute Gasteiger partial charge is 0.0548 e. The molecule has 0 aromatic heterocycles. The van der Waals surface area contributed by atoms with Crippen molar-refractivity contribution >= 4 is 6.21 Å². The predicted molar refractivity (Wildman–Crippen MR) is 42.5 cm³/mol. The van der Waals surface area contributed by atoms with Crippen LogP contribution in [-0.4, -0.2) is 25.3 Å². The molecule has 0 bridgehead atoms. The van der Waals surface area contributed by atoms with Crippen molar-refractivity contribution in [2.45, 2.75) is 25.3 Å². The van der Waals surface area contributed by atoms with Crippen molar-refractivity contribution in [2.24, 2.45) is 10.9 Å². The Hall–Kier alpha value is -0.370. The van der Waals surface area contributed by atoms with E-state index >= 15 is 0 Å². The second-order valence-electron chi connectivity index (χ2n) is 3.23. The van der Waals surface area contributed by atoms with E-state index in [2.05, 4.69) is 16.5 Å². The van der Waals surface area contributed by atoms with Crippen LogP contribution >= 0.6 is 0 Å². The lowest BCUT2D eigenvalue weighted by molar-refractivity contribution is 0.306. The average molecular weight is 138 g/mol. The fourth-order valence-electron chi connectivity index (χ4n) is 1.90. The molecule has 0 saturated carbocycles. The molecule has 1 N–H and O–H groups in total. The summed E-state index contributed by atoms with van der Waals surface area (Å²) in [6.45, 7) is 2.36. The van der Waals surface area contributed by atoms with Gasteiger partial charge in [0.15, 0.2) is 0 Å². The van der Waals surface area contributed by atoms with Crippen LogP contribution in [0.5, 0.6) is 0 Å². The van der Waals surface area contributed by atoms with E-state index in [1.807, 2.05) is 0 Å². The van der Waals surface area contributed by atoms with Crippen molar-refractivity contribution in [1.82, 2.24) is 5.32 Å². The molecular formula is C8H14N2. The van der Waals surface area contributed by atoms with E-state index in [0.717, 1.165) is 5.92 Å². The normalized spacial score (nSPS) is 39.2. The first kappa shape index (κ1) is 6.35. The van der Waals surface area contributed by atoms with Gasteiger partial charge in [-0.05, 0) is 37.9 Å². The molecular weight excluding hydrogens is 124 g/mol. The van der Waals surface area contributed by atoms with Crippen LogP contribution in [0.3, 0.4) is 0 Å². The molecule has 0 spiro atoms. The van der Waals surface area contributed by atoms with Gasteiger partial charge in [0.1, 0.15) is 0 Å². The molecule has 0 amide bonds. The topological polar surface area (TPSA) is 24.4 Å². The maximum Gasteiger partial charge on any atom is 0.0548 e. The summed E-state index contributed by atoms with van der Waals surface area (Å²) in [6.07, 6.45) is 5.90. The van der Waals surface area contributed by atoms with Gasteiger partial charge in [-0.3, -0.25) is 4.99 Å². The minimum absolute atomic E-state index is 0.662. The molecule has 2 nitrogen and oxygen atoms in total. The first-order valence-electron chi connectivity index (χ1n) is 4.19. The maximum absolute atomic E-state index is 4.49. The largest absolute Gasteiger partial charge is 0.316 e. The number of piperidine rings is 1. The standard InChI is InChI=1S/C8H14N2/c1-2-7-6-9-5-3-8(7)10-4-1/h4,7-9H,1-3,5-6H2. The molecule has 2 atom stereocenters. The van der Waals surface area contributed by atoms with Gasteiger partial charge in [-0.25, -0.2) is 0 Å². The Labute approximate surface area is 61.7 Å². The highest BCUT2D eigenvalue weighted by Crippen LogP contribution is 2.22. The van der Waals surface area contributed by atoms with Crippen LogP contribution < -0.4 is 5.32 Å². The molecule has 1 fully saturated rings. The van der Waals surface area contributed by atoms with Crippen LogP contribution in [0.25, 0.3) is 0 Å². The molecule has 2 aliphatic rings. The second kappa shape index (κ2) is 2.70. The fraction of sp³-hybridized carbons (Fsp3) is 0.875. The maximum atomic E-state index is 4.49. The zero-order valence-electron chi connectivity index (χ0n) is 6.21. The third-order valence-electron chi connectivity index (χ3n) is 2.53. The average Bonchev–Trinajstić information content (AvgIpc) is 2.05. The third kappa shape index (κ3) is 1.08. The molecule has 10 heavy (non-hydrogen) atoms. The van der Waals surface area contributed by atoms with Crippen LogP contribution in [0.4, 0.5) is 0 Å². The lowest BCUT2D eigenvalue weighted by Crippen LogP contribution is -2.40. The summed E-state index contributed by atoms with van der Waals surface area (Å²) in [6, 6.07) is 0.662. The highest BCUT2D eigenvalue weighted by atomic mass is 14.9. The van der Waals surface area contributed by atoms with Crippen LogP contribution in [-0.2, 0) is 0 Å². The molecule has 2 rings (SSSR count). The summed E-state index contributed by atoms with van der Waals surface area (Å²) in [5.41, 5.74) is 0. The number of hydrogen-bond acceptors (Lipinski definition) is 2. The summed E-state index contributed by atoms with van der Waals surface area (Å²) < 4.78 is 0. The quantitative estimate of drug-likeness (QED) is 0.527. The number of nitrogens with one attached hydrogen (secondary N) is 1. The monoisotopic (exact) mass is 138 g/mol. The molecule has 2 aliphatic heterocycles. The van der Waals surface area contributed by atoms with E-state index in [4.69, 9.17) is 0 Å². The molecule has 0 aliphatic carbocycles. The number of rotatable bonds is 0. The number of fused-ring (bicyclic) bond motifs is 1. The minimum atomic E-state index is 0.662. The zero-order valence-corrected chi connectivity index (χ0v) is 6.21. The van der Waals surface area contributed by atoms with E-state index in [1.165, 1.54) is 32.4 Å². The first-order chi connectivity index (χ1) is 4.97. The summed E-state index contributed by atoms with van der Waals surface area (Å²) in [7, 11) is 0. The van der Waals surface area contributed by atoms with Crippen molar-refractivity contribution in [2.75, 3.05) is 13.1 Å². The summed E-state index contributed by atoms with van der Waals surface area (Å²) >= 11 is 0. The zero-order chi connectivity index (χ0) is 6.81. The van der Waals surface area contributed by atoms with Gasteiger partial charge < -0.3 is 5.32 Å². The van der Waals surface area contributed by atoms with Gasteiger partial charge in [-0.15, -0.1) is 0 Å². The highest BCUT2D eigenvalue weighted by molar-refractivity contribution is 5.58. The molecule has 56 valence electrons. The van der Waals surface area contributed by atoms with Gasteiger partial charge in [0, 0.05) is 6.54 Å². The van der Waals surface area contributed by atoms with Crippen molar-refractivity contribution in [1.29, 1.82) is 0 Å². The summed E-state index contributed by atoms with van der Waals surface area (Å²) in [5, 5.41) is 3.41. The Balaban J connectivity index is 2.03. The van der Waals surface area contributed by atoms with Gasteiger partial charge in [-0.1, -0.05) is 0 Å². The Bertz CT molecular complexity index is 142. The van der Waals surface area contributed by atoms with E-state index in [1.54, 1.807) is 0 Å². The van der Waals surface area contributed by atoms with E-state index in [-0.39, 0.29) is 0 Å². The molecule has 2 heterocycles. The van der Waals surface area contributed by atoms with Crippen LogP contribution in [0, 0.1) is 5.92 Å². The fourth-order valence-corrected chi connectivity index (χ4v) is 1.90. The van der Waals surface area contributed by atoms with Gasteiger partial charge in [0.25, 0.3) is 0 Å². The molecule has 2 heteroatoms. The minimum Gasteiger partial charge on any atom is -0.316 e. The highest BCUT2D eigenvalue weighted by Gasteiger charge is 2.24. The van der Waals surface area contributed by atoms with E-state index in [0.29, 0.717) is 6.04 Å². The Morgan fingerprint density at radius 3 is 3.30 bits per heavy atom. The van der Waals surface area contributed by atoms with Crippen LogP contribution in [0.15, 0.2) is 4.99 Å². The van der Waals surface area contributed by atoms with E-state index < -0.39 is 0 Å². The van der Waals surface area contributed by atoms with Gasteiger partial charge >= 0.3 is 0 Å². The lowest BCUT2D eigenvalue weighted by Gasteiger charge is -2.31. The van der Waals surface area contributed by atoms with Crippen LogP contribution in [0.1, 0.15) is 19.3 Å². The van der Waals surface area contributed by atoms with Gasteiger partial charge in [-0.2, -0.15) is 0 Å². The first-order valence-corrected chi connectivity index (χ1v) is 4.19. The molecule has 2 unspecified atom stereocenters. The van der Waals surface area contributed by atoms with E-state index in [9.17, 15) is 0 Å².